The number of rotatable bonds is 2. The van der Waals surface area contributed by atoms with E-state index in [4.69, 9.17) is 5.11 Å². The zero-order chi connectivity index (χ0) is 11.6. The molecule has 0 aromatic heterocycles. The van der Waals surface area contributed by atoms with Gasteiger partial charge in [0, 0.05) is 11.4 Å². The molecule has 0 radical (unpaired) electrons. The molecule has 0 heterocycles. The van der Waals surface area contributed by atoms with Crippen molar-refractivity contribution in [3.8, 4) is 0 Å². The highest BCUT2D eigenvalue weighted by atomic mass is 79.9. The Balaban J connectivity index is 3.23. The molecule has 1 rings (SSSR count). The smallest absolute Gasteiger partial charge is 0.336 e. The highest BCUT2D eigenvalue weighted by molar-refractivity contribution is 9.10. The molecule has 1 aromatic rings. The Morgan fingerprint density at radius 1 is 1.47 bits per heavy atom. The van der Waals surface area contributed by atoms with Gasteiger partial charge in [-0.2, -0.15) is 0 Å². The van der Waals surface area contributed by atoms with Gasteiger partial charge in [-0.25, -0.2) is 9.18 Å². The summed E-state index contributed by atoms with van der Waals surface area (Å²) in [5.41, 5.74) is -0.261. The number of hydrogen-bond donors (Lipinski definition) is 2. The summed E-state index contributed by atoms with van der Waals surface area (Å²) >= 11 is 2.91. The van der Waals surface area contributed by atoms with E-state index in [9.17, 15) is 14.0 Å². The number of aromatic carboxylic acids is 1. The van der Waals surface area contributed by atoms with Gasteiger partial charge in [-0.1, -0.05) is 0 Å². The normalized spacial score (nSPS) is 9.80. The van der Waals surface area contributed by atoms with Crippen LogP contribution in [0.5, 0.6) is 0 Å². The van der Waals surface area contributed by atoms with Crippen LogP contribution in [0.15, 0.2) is 16.6 Å². The van der Waals surface area contributed by atoms with Gasteiger partial charge in [0.1, 0.15) is 5.82 Å². The fraction of sp³-hybridized carbons (Fsp3) is 0.111. The molecular formula is C9H7BrFNO3. The highest BCUT2D eigenvalue weighted by Crippen LogP contribution is 2.24. The Morgan fingerprint density at radius 3 is 2.53 bits per heavy atom. The van der Waals surface area contributed by atoms with Crippen LogP contribution in [0, 0.1) is 5.82 Å². The van der Waals surface area contributed by atoms with Gasteiger partial charge in [0.25, 0.3) is 0 Å². The molecule has 15 heavy (non-hydrogen) atoms. The first-order valence-corrected chi connectivity index (χ1v) is 4.71. The van der Waals surface area contributed by atoms with Crippen LogP contribution in [0.2, 0.25) is 0 Å². The fourth-order valence-electron chi connectivity index (χ4n) is 0.998. The summed E-state index contributed by atoms with van der Waals surface area (Å²) in [7, 11) is 0. The van der Waals surface area contributed by atoms with Crippen molar-refractivity contribution in [1.29, 1.82) is 0 Å². The molecular weight excluding hydrogens is 269 g/mol. The number of carboxylic acid groups (broad SMARTS) is 1. The van der Waals surface area contributed by atoms with Crippen molar-refractivity contribution in [2.75, 3.05) is 5.32 Å². The van der Waals surface area contributed by atoms with Gasteiger partial charge >= 0.3 is 5.97 Å². The molecule has 6 heteroatoms. The molecule has 2 N–H and O–H groups in total. The number of benzene rings is 1. The first kappa shape index (κ1) is 11.6. The van der Waals surface area contributed by atoms with E-state index in [0.717, 1.165) is 12.1 Å². The molecule has 1 aromatic carbocycles. The van der Waals surface area contributed by atoms with Crippen molar-refractivity contribution in [2.24, 2.45) is 0 Å². The number of carboxylic acids is 1. The van der Waals surface area contributed by atoms with E-state index in [-0.39, 0.29) is 15.7 Å². The lowest BCUT2D eigenvalue weighted by Gasteiger charge is -2.06. The maximum absolute atomic E-state index is 13.2. The second-order valence-corrected chi connectivity index (χ2v) is 3.65. The van der Waals surface area contributed by atoms with Gasteiger partial charge in [0.05, 0.1) is 11.3 Å². The molecule has 0 aliphatic carbocycles. The van der Waals surface area contributed by atoms with Crippen LogP contribution < -0.4 is 5.32 Å². The van der Waals surface area contributed by atoms with E-state index in [0.29, 0.717) is 0 Å². The van der Waals surface area contributed by atoms with E-state index in [1.54, 1.807) is 0 Å². The molecule has 0 atom stereocenters. The second kappa shape index (κ2) is 4.39. The van der Waals surface area contributed by atoms with Crippen molar-refractivity contribution in [2.45, 2.75) is 6.92 Å². The molecule has 0 bridgehead atoms. The number of amides is 1. The first-order valence-electron chi connectivity index (χ1n) is 3.91. The molecule has 4 nitrogen and oxygen atoms in total. The minimum Gasteiger partial charge on any atom is -0.478 e. The van der Waals surface area contributed by atoms with E-state index in [1.807, 2.05) is 0 Å². The monoisotopic (exact) mass is 275 g/mol. The summed E-state index contributed by atoms with van der Waals surface area (Å²) < 4.78 is 13.3. The lowest BCUT2D eigenvalue weighted by Crippen LogP contribution is -2.09. The summed E-state index contributed by atoms with van der Waals surface area (Å²) in [5.74, 6) is -2.36. The van der Waals surface area contributed by atoms with Gasteiger partial charge in [0.15, 0.2) is 0 Å². The Labute approximate surface area is 93.2 Å². The minimum atomic E-state index is -1.20. The quantitative estimate of drug-likeness (QED) is 0.870. The Bertz CT molecular complexity index is 434. The van der Waals surface area contributed by atoms with Gasteiger partial charge in [-0.15, -0.1) is 0 Å². The Morgan fingerprint density at radius 2 is 2.07 bits per heavy atom. The highest BCUT2D eigenvalue weighted by Gasteiger charge is 2.13. The predicted molar refractivity (Wildman–Crippen MR) is 55.4 cm³/mol. The second-order valence-electron chi connectivity index (χ2n) is 2.80. The topological polar surface area (TPSA) is 66.4 Å². The standard InChI is InChI=1S/C9H7BrFNO3/c1-4(13)12-8-2-5(9(14)15)6(10)3-7(8)11/h2-3H,1H3,(H,12,13)(H,14,15). The molecule has 0 aliphatic rings. The average molecular weight is 276 g/mol. The minimum absolute atomic E-state index is 0.111. The van der Waals surface area contributed by atoms with E-state index in [1.165, 1.54) is 6.92 Å². The maximum atomic E-state index is 13.2. The number of hydrogen-bond acceptors (Lipinski definition) is 2. The number of nitrogens with one attached hydrogen (secondary N) is 1. The molecule has 0 saturated heterocycles. The molecule has 0 aliphatic heterocycles. The molecule has 80 valence electrons. The summed E-state index contributed by atoms with van der Waals surface area (Å²) in [5, 5.41) is 10.9. The summed E-state index contributed by atoms with van der Waals surface area (Å²) in [4.78, 5) is 21.4. The number of carbonyl (C=O) groups is 2. The fourth-order valence-corrected chi connectivity index (χ4v) is 1.48. The van der Waals surface area contributed by atoms with Crippen LogP contribution in [0.3, 0.4) is 0 Å². The zero-order valence-corrected chi connectivity index (χ0v) is 9.26. The van der Waals surface area contributed by atoms with E-state index < -0.39 is 17.7 Å². The predicted octanol–water partition coefficient (Wildman–Crippen LogP) is 2.24. The Hall–Kier alpha value is -1.43. The number of carbonyl (C=O) groups excluding carboxylic acids is 1. The molecule has 0 saturated carbocycles. The summed E-state index contributed by atoms with van der Waals surface area (Å²) in [6.45, 7) is 1.21. The van der Waals surface area contributed by atoms with Crippen molar-refractivity contribution in [3.63, 3.8) is 0 Å². The molecule has 0 unspecified atom stereocenters. The SMILES string of the molecule is CC(=O)Nc1cc(C(=O)O)c(Br)cc1F. The van der Waals surface area contributed by atoms with Gasteiger partial charge in [0.2, 0.25) is 5.91 Å². The largest absolute Gasteiger partial charge is 0.478 e. The van der Waals surface area contributed by atoms with Crippen LogP contribution in [0.25, 0.3) is 0 Å². The van der Waals surface area contributed by atoms with Gasteiger partial charge in [-0.3, -0.25) is 4.79 Å². The van der Waals surface area contributed by atoms with Crippen molar-refractivity contribution in [3.05, 3.63) is 28.0 Å². The first-order chi connectivity index (χ1) is 6.91. The van der Waals surface area contributed by atoms with Gasteiger partial charge < -0.3 is 10.4 Å². The molecule has 1 amide bonds. The third-order valence-electron chi connectivity index (χ3n) is 1.60. The van der Waals surface area contributed by atoms with Crippen molar-refractivity contribution in [1.82, 2.24) is 0 Å². The van der Waals surface area contributed by atoms with E-state index in [2.05, 4.69) is 21.2 Å². The van der Waals surface area contributed by atoms with Crippen LogP contribution >= 0.6 is 15.9 Å². The lowest BCUT2D eigenvalue weighted by atomic mass is 10.2. The van der Waals surface area contributed by atoms with Crippen LogP contribution in [-0.2, 0) is 4.79 Å². The molecule has 0 spiro atoms. The average Bonchev–Trinajstić information content (AvgIpc) is 2.08. The third kappa shape index (κ3) is 2.76. The number of anilines is 1. The van der Waals surface area contributed by atoms with Crippen molar-refractivity contribution < 1.29 is 19.1 Å². The lowest BCUT2D eigenvalue weighted by molar-refractivity contribution is -0.114. The van der Waals surface area contributed by atoms with Gasteiger partial charge in [-0.05, 0) is 28.1 Å². The third-order valence-corrected chi connectivity index (χ3v) is 2.25. The summed E-state index contributed by atoms with van der Waals surface area (Å²) in [6, 6.07) is 2.05. The number of halogens is 2. The maximum Gasteiger partial charge on any atom is 0.336 e. The van der Waals surface area contributed by atoms with Crippen LogP contribution in [0.4, 0.5) is 10.1 Å². The van der Waals surface area contributed by atoms with Crippen LogP contribution in [-0.4, -0.2) is 17.0 Å². The Kier molecular flexibility index (Phi) is 3.41. The van der Waals surface area contributed by atoms with E-state index >= 15 is 0 Å². The molecule has 0 fully saturated rings. The van der Waals surface area contributed by atoms with Crippen molar-refractivity contribution >= 4 is 33.5 Å². The zero-order valence-electron chi connectivity index (χ0n) is 7.67. The van der Waals surface area contributed by atoms with Crippen LogP contribution in [0.1, 0.15) is 17.3 Å². The summed E-state index contributed by atoms with van der Waals surface area (Å²) in [6.07, 6.45) is 0.